The number of nitrogens with two attached hydrogens (primary N) is 1. The number of ether oxygens (including phenoxy) is 1. The lowest BCUT2D eigenvalue weighted by Gasteiger charge is -2.14. The van der Waals surface area contributed by atoms with Crippen LogP contribution in [0.1, 0.15) is 37.4 Å². The maximum absolute atomic E-state index is 9.98. The second-order valence-electron chi connectivity index (χ2n) is 4.39. The molecule has 0 amide bonds. The first-order valence-electron chi connectivity index (χ1n) is 5.91. The van der Waals surface area contributed by atoms with Gasteiger partial charge in [0.2, 0.25) is 0 Å². The van der Waals surface area contributed by atoms with Crippen LogP contribution in [0.2, 0.25) is 0 Å². The van der Waals surface area contributed by atoms with E-state index in [1.807, 2.05) is 24.3 Å². The van der Waals surface area contributed by atoms with Crippen LogP contribution in [0.5, 0.6) is 0 Å². The van der Waals surface area contributed by atoms with E-state index < -0.39 is 6.10 Å². The van der Waals surface area contributed by atoms with Crippen molar-refractivity contribution in [2.24, 2.45) is 0 Å². The molecule has 3 nitrogen and oxygen atoms in total. The van der Waals surface area contributed by atoms with Crippen molar-refractivity contribution in [3.8, 4) is 0 Å². The van der Waals surface area contributed by atoms with Crippen molar-refractivity contribution in [3.63, 3.8) is 0 Å². The van der Waals surface area contributed by atoms with E-state index in [1.165, 1.54) is 0 Å². The zero-order valence-electron chi connectivity index (χ0n) is 9.43. The summed E-state index contributed by atoms with van der Waals surface area (Å²) in [5.74, 6) is 0. The van der Waals surface area contributed by atoms with Crippen LogP contribution in [0.25, 0.3) is 0 Å². The molecule has 2 rings (SSSR count). The molecule has 0 radical (unpaired) electrons. The van der Waals surface area contributed by atoms with E-state index in [2.05, 4.69) is 0 Å². The molecule has 1 aliphatic rings. The lowest BCUT2D eigenvalue weighted by molar-refractivity contribution is 0.0812. The molecule has 16 heavy (non-hydrogen) atoms. The summed E-state index contributed by atoms with van der Waals surface area (Å²) in [6.45, 7) is 0.878. The third kappa shape index (κ3) is 2.97. The molecule has 0 aromatic heterocycles. The summed E-state index contributed by atoms with van der Waals surface area (Å²) in [7, 11) is 0. The Labute approximate surface area is 96.2 Å². The summed E-state index contributed by atoms with van der Waals surface area (Å²) >= 11 is 0. The standard InChI is InChI=1S/C13H19NO2/c14-11-5-3-10(4-6-11)13(15)8-7-12-2-1-9-16-12/h3-6,12-13,15H,1-2,7-9,14H2. The second-order valence-corrected chi connectivity index (χ2v) is 4.39. The molecule has 1 aliphatic heterocycles. The highest BCUT2D eigenvalue weighted by molar-refractivity contribution is 5.39. The third-order valence-electron chi connectivity index (χ3n) is 3.11. The molecule has 1 fully saturated rings. The van der Waals surface area contributed by atoms with Crippen molar-refractivity contribution in [1.29, 1.82) is 0 Å². The van der Waals surface area contributed by atoms with Crippen molar-refractivity contribution in [1.82, 2.24) is 0 Å². The largest absolute Gasteiger partial charge is 0.399 e. The lowest BCUT2D eigenvalue weighted by Crippen LogP contribution is -2.07. The van der Waals surface area contributed by atoms with Gasteiger partial charge in [-0.2, -0.15) is 0 Å². The van der Waals surface area contributed by atoms with Crippen LogP contribution in [0.15, 0.2) is 24.3 Å². The highest BCUT2D eigenvalue weighted by atomic mass is 16.5. The maximum Gasteiger partial charge on any atom is 0.0791 e. The minimum Gasteiger partial charge on any atom is -0.399 e. The minimum absolute atomic E-state index is 0.350. The van der Waals surface area contributed by atoms with Crippen LogP contribution in [0, 0.1) is 0 Å². The van der Waals surface area contributed by atoms with Gasteiger partial charge in [0.1, 0.15) is 0 Å². The van der Waals surface area contributed by atoms with Gasteiger partial charge in [0, 0.05) is 12.3 Å². The van der Waals surface area contributed by atoms with Gasteiger partial charge in [0.15, 0.2) is 0 Å². The first-order valence-corrected chi connectivity index (χ1v) is 5.91. The summed E-state index contributed by atoms with van der Waals surface area (Å²) in [6, 6.07) is 7.42. The van der Waals surface area contributed by atoms with Gasteiger partial charge in [0.05, 0.1) is 12.2 Å². The van der Waals surface area contributed by atoms with Gasteiger partial charge in [-0.05, 0) is 43.4 Å². The average Bonchev–Trinajstić information content (AvgIpc) is 2.80. The van der Waals surface area contributed by atoms with Gasteiger partial charge in [-0.15, -0.1) is 0 Å². The fraction of sp³-hybridized carbons (Fsp3) is 0.538. The van der Waals surface area contributed by atoms with Crippen molar-refractivity contribution >= 4 is 5.69 Å². The summed E-state index contributed by atoms with van der Waals surface area (Å²) in [4.78, 5) is 0. The van der Waals surface area contributed by atoms with Gasteiger partial charge in [-0.3, -0.25) is 0 Å². The summed E-state index contributed by atoms with van der Waals surface area (Å²) in [6.07, 6.45) is 3.94. The molecule has 0 bridgehead atoms. The molecule has 2 unspecified atom stereocenters. The van der Waals surface area contributed by atoms with E-state index in [0.717, 1.165) is 43.5 Å². The summed E-state index contributed by atoms with van der Waals surface area (Å²) < 4.78 is 5.53. The van der Waals surface area contributed by atoms with Crippen LogP contribution in [0.4, 0.5) is 5.69 Å². The first kappa shape index (κ1) is 11.4. The van der Waals surface area contributed by atoms with Gasteiger partial charge < -0.3 is 15.6 Å². The molecule has 3 heteroatoms. The van der Waals surface area contributed by atoms with Crippen molar-refractivity contribution in [2.75, 3.05) is 12.3 Å². The molecule has 0 aliphatic carbocycles. The Morgan fingerprint density at radius 1 is 1.38 bits per heavy atom. The van der Waals surface area contributed by atoms with Gasteiger partial charge in [0.25, 0.3) is 0 Å². The summed E-state index contributed by atoms with van der Waals surface area (Å²) in [5.41, 5.74) is 7.27. The van der Waals surface area contributed by atoms with Crippen LogP contribution < -0.4 is 5.73 Å². The van der Waals surface area contributed by atoms with Gasteiger partial charge >= 0.3 is 0 Å². The van der Waals surface area contributed by atoms with E-state index in [1.54, 1.807) is 0 Å². The Hall–Kier alpha value is -1.06. The van der Waals surface area contributed by atoms with E-state index >= 15 is 0 Å². The Balaban J connectivity index is 1.82. The monoisotopic (exact) mass is 221 g/mol. The molecule has 0 spiro atoms. The van der Waals surface area contributed by atoms with Gasteiger partial charge in [-0.1, -0.05) is 12.1 Å². The molecular weight excluding hydrogens is 202 g/mol. The topological polar surface area (TPSA) is 55.5 Å². The molecule has 1 heterocycles. The number of aliphatic hydroxyl groups is 1. The van der Waals surface area contributed by atoms with E-state index in [-0.39, 0.29) is 0 Å². The maximum atomic E-state index is 9.98. The number of aliphatic hydroxyl groups excluding tert-OH is 1. The number of rotatable bonds is 4. The highest BCUT2D eigenvalue weighted by Gasteiger charge is 2.17. The zero-order chi connectivity index (χ0) is 11.4. The van der Waals surface area contributed by atoms with E-state index in [9.17, 15) is 5.11 Å². The number of anilines is 1. The Bertz CT molecular complexity index is 317. The van der Waals surface area contributed by atoms with E-state index in [0.29, 0.717) is 6.10 Å². The van der Waals surface area contributed by atoms with Crippen molar-refractivity contribution in [2.45, 2.75) is 37.9 Å². The fourth-order valence-corrected chi connectivity index (χ4v) is 2.10. The average molecular weight is 221 g/mol. The van der Waals surface area contributed by atoms with Crippen molar-refractivity contribution < 1.29 is 9.84 Å². The molecular formula is C13H19NO2. The highest BCUT2D eigenvalue weighted by Crippen LogP contribution is 2.24. The van der Waals surface area contributed by atoms with Crippen molar-refractivity contribution in [3.05, 3.63) is 29.8 Å². The number of nitrogen functional groups attached to an aromatic ring is 1. The quantitative estimate of drug-likeness (QED) is 0.767. The molecule has 1 aromatic carbocycles. The Morgan fingerprint density at radius 2 is 2.12 bits per heavy atom. The summed E-state index contributed by atoms with van der Waals surface area (Å²) in [5, 5.41) is 9.98. The zero-order valence-corrected chi connectivity index (χ0v) is 9.43. The molecule has 1 saturated heterocycles. The molecule has 2 atom stereocenters. The minimum atomic E-state index is -0.398. The smallest absolute Gasteiger partial charge is 0.0791 e. The molecule has 0 saturated carbocycles. The number of hydrogen-bond donors (Lipinski definition) is 2. The number of hydrogen-bond acceptors (Lipinski definition) is 3. The Kier molecular flexibility index (Phi) is 3.80. The first-order chi connectivity index (χ1) is 7.75. The van der Waals surface area contributed by atoms with E-state index in [4.69, 9.17) is 10.5 Å². The normalized spacial score (nSPS) is 22.2. The van der Waals surface area contributed by atoms with Crippen LogP contribution in [-0.4, -0.2) is 17.8 Å². The Morgan fingerprint density at radius 3 is 2.75 bits per heavy atom. The third-order valence-corrected chi connectivity index (χ3v) is 3.11. The fourth-order valence-electron chi connectivity index (χ4n) is 2.10. The molecule has 88 valence electrons. The molecule has 3 N–H and O–H groups in total. The molecule has 1 aromatic rings. The number of benzene rings is 1. The predicted molar refractivity (Wildman–Crippen MR) is 64.0 cm³/mol. The van der Waals surface area contributed by atoms with Crippen LogP contribution in [0.3, 0.4) is 0 Å². The SMILES string of the molecule is Nc1ccc(C(O)CCC2CCCO2)cc1. The van der Waals surface area contributed by atoms with Crippen LogP contribution in [-0.2, 0) is 4.74 Å². The van der Waals surface area contributed by atoms with Gasteiger partial charge in [-0.25, -0.2) is 0 Å². The second kappa shape index (κ2) is 5.32. The van der Waals surface area contributed by atoms with Crippen LogP contribution >= 0.6 is 0 Å². The predicted octanol–water partition coefficient (Wildman–Crippen LogP) is 2.26. The lowest BCUT2D eigenvalue weighted by atomic mass is 10.0.